The number of phosphoric acid groups is 2. The molecule has 4 N–H and O–H groups in total. The van der Waals surface area contributed by atoms with Gasteiger partial charge in [0.15, 0.2) is 0 Å². The van der Waals surface area contributed by atoms with E-state index in [1.807, 2.05) is 0 Å². The molecule has 0 saturated carbocycles. The van der Waals surface area contributed by atoms with E-state index in [1.54, 1.807) is 27.7 Å². The minimum absolute atomic E-state index is 0. The SMILES string of the molecule is CC(C)(CCCCOCCCCC(C)(C)OP(=O)(O)O)OP(=O)(O)O.[NaH]. The predicted molar refractivity (Wildman–Crippen MR) is 100 cm³/mol. The van der Waals surface area contributed by atoms with Crippen LogP contribution in [-0.4, -0.2) is 73.5 Å². The summed E-state index contributed by atoms with van der Waals surface area (Å²) in [6, 6.07) is 0. The zero-order valence-electron chi connectivity index (χ0n) is 15.4. The molecule has 12 heteroatoms. The van der Waals surface area contributed by atoms with E-state index in [0.717, 1.165) is 25.7 Å². The van der Waals surface area contributed by atoms with Crippen LogP contribution in [0.4, 0.5) is 0 Å². The van der Waals surface area contributed by atoms with Gasteiger partial charge in [-0.05, 0) is 66.2 Å². The second kappa shape index (κ2) is 12.7. The van der Waals surface area contributed by atoms with Crippen molar-refractivity contribution in [3.05, 3.63) is 0 Å². The van der Waals surface area contributed by atoms with E-state index < -0.39 is 26.8 Å². The Morgan fingerprint density at radius 1 is 0.692 bits per heavy atom. The van der Waals surface area contributed by atoms with Crippen LogP contribution < -0.4 is 0 Å². The van der Waals surface area contributed by atoms with Crippen molar-refractivity contribution in [2.45, 2.75) is 77.4 Å². The van der Waals surface area contributed by atoms with Gasteiger partial charge in [0.25, 0.3) is 0 Å². The molecular formula is C14H33NaO9P2. The molecule has 0 aliphatic heterocycles. The summed E-state index contributed by atoms with van der Waals surface area (Å²) in [5, 5.41) is 0. The summed E-state index contributed by atoms with van der Waals surface area (Å²) in [6.45, 7) is 7.61. The van der Waals surface area contributed by atoms with Crippen LogP contribution in [0.5, 0.6) is 0 Å². The number of ether oxygens (including phenoxy) is 1. The Bertz CT molecular complexity index is 431. The van der Waals surface area contributed by atoms with Crippen LogP contribution in [0.15, 0.2) is 0 Å². The number of phosphoric ester groups is 2. The molecule has 0 radical (unpaired) electrons. The van der Waals surface area contributed by atoms with Crippen molar-refractivity contribution in [2.24, 2.45) is 0 Å². The van der Waals surface area contributed by atoms with Crippen molar-refractivity contribution in [1.82, 2.24) is 0 Å². The van der Waals surface area contributed by atoms with Gasteiger partial charge in [-0.25, -0.2) is 9.13 Å². The molecule has 0 bridgehead atoms. The summed E-state index contributed by atoms with van der Waals surface area (Å²) >= 11 is 0. The van der Waals surface area contributed by atoms with Gasteiger partial charge < -0.3 is 24.3 Å². The molecule has 154 valence electrons. The molecule has 0 aliphatic rings. The monoisotopic (exact) mass is 430 g/mol. The molecule has 0 heterocycles. The summed E-state index contributed by atoms with van der Waals surface area (Å²) in [5.74, 6) is 0. The molecule has 0 aliphatic carbocycles. The van der Waals surface area contributed by atoms with Crippen molar-refractivity contribution in [3.8, 4) is 0 Å². The zero-order chi connectivity index (χ0) is 19.8. The van der Waals surface area contributed by atoms with Crippen LogP contribution in [0.2, 0.25) is 0 Å². The Hall–Kier alpha value is 1.18. The van der Waals surface area contributed by atoms with Crippen LogP contribution in [0.1, 0.15) is 66.2 Å². The van der Waals surface area contributed by atoms with Crippen molar-refractivity contribution >= 4 is 45.2 Å². The number of rotatable bonds is 14. The summed E-state index contributed by atoms with van der Waals surface area (Å²) in [4.78, 5) is 35.2. The zero-order valence-corrected chi connectivity index (χ0v) is 17.2. The molecule has 0 spiro atoms. The number of unbranched alkanes of at least 4 members (excludes halogenated alkanes) is 2. The average molecular weight is 430 g/mol. The fourth-order valence-corrected chi connectivity index (χ4v) is 3.82. The van der Waals surface area contributed by atoms with Gasteiger partial charge in [-0.2, -0.15) is 0 Å². The third-order valence-corrected chi connectivity index (χ3v) is 4.83. The number of hydrogen-bond acceptors (Lipinski definition) is 5. The molecule has 0 fully saturated rings. The van der Waals surface area contributed by atoms with Gasteiger partial charge in [-0.3, -0.25) is 9.05 Å². The third kappa shape index (κ3) is 19.9. The maximum atomic E-state index is 10.8. The van der Waals surface area contributed by atoms with E-state index in [0.29, 0.717) is 26.1 Å². The predicted octanol–water partition coefficient (Wildman–Crippen LogP) is 2.47. The van der Waals surface area contributed by atoms with E-state index in [9.17, 15) is 9.13 Å². The summed E-state index contributed by atoms with van der Waals surface area (Å²) in [7, 11) is -8.96. The van der Waals surface area contributed by atoms with E-state index in [-0.39, 0.29) is 29.6 Å². The molecule has 0 rings (SSSR count). The first-order chi connectivity index (χ1) is 11.1. The first-order valence-corrected chi connectivity index (χ1v) is 11.3. The second-order valence-electron chi connectivity index (χ2n) is 7.21. The Morgan fingerprint density at radius 3 is 1.27 bits per heavy atom. The topological polar surface area (TPSA) is 143 Å². The van der Waals surface area contributed by atoms with Gasteiger partial charge >= 0.3 is 45.2 Å². The van der Waals surface area contributed by atoms with E-state index in [1.165, 1.54) is 0 Å². The van der Waals surface area contributed by atoms with E-state index in [2.05, 4.69) is 0 Å². The van der Waals surface area contributed by atoms with Crippen molar-refractivity contribution in [2.75, 3.05) is 13.2 Å². The molecular weight excluding hydrogens is 397 g/mol. The fourth-order valence-electron chi connectivity index (χ4n) is 2.35. The molecule has 0 saturated heterocycles. The van der Waals surface area contributed by atoms with Crippen molar-refractivity contribution in [1.29, 1.82) is 0 Å². The molecule has 0 aromatic heterocycles. The molecule has 0 unspecified atom stereocenters. The first kappa shape index (κ1) is 29.4. The van der Waals surface area contributed by atoms with Crippen molar-refractivity contribution in [3.63, 3.8) is 0 Å². The van der Waals surface area contributed by atoms with Crippen LogP contribution >= 0.6 is 15.6 Å². The molecule has 0 amide bonds. The third-order valence-electron chi connectivity index (χ3n) is 3.37. The fraction of sp³-hybridized carbons (Fsp3) is 1.00. The number of hydrogen-bond donors (Lipinski definition) is 4. The van der Waals surface area contributed by atoms with E-state index >= 15 is 0 Å². The summed E-state index contributed by atoms with van der Waals surface area (Å²) in [6.07, 6.45) is 3.96. The van der Waals surface area contributed by atoms with E-state index in [4.69, 9.17) is 33.4 Å². The standard InChI is InChI=1S/C14H32O9P2.Na.H/c1-13(2,22-24(15,16)17)9-5-7-11-21-12-8-6-10-14(3,4)23-25(18,19)20;;/h5-12H2,1-4H3,(H2,15,16,17)(H2,18,19,20);;. The van der Waals surface area contributed by atoms with Crippen LogP contribution in [0, 0.1) is 0 Å². The van der Waals surface area contributed by atoms with Gasteiger partial charge in [-0.15, -0.1) is 0 Å². The summed E-state index contributed by atoms with van der Waals surface area (Å²) in [5.41, 5.74) is -1.77. The van der Waals surface area contributed by atoms with Gasteiger partial charge in [0.1, 0.15) is 0 Å². The Kier molecular flexibility index (Phi) is 14.3. The van der Waals surface area contributed by atoms with Gasteiger partial charge in [0, 0.05) is 13.2 Å². The summed E-state index contributed by atoms with van der Waals surface area (Å²) < 4.78 is 36.5. The second-order valence-corrected chi connectivity index (χ2v) is 9.54. The van der Waals surface area contributed by atoms with Gasteiger partial charge in [0.2, 0.25) is 0 Å². The maximum absolute atomic E-state index is 10.8. The molecule has 0 aromatic carbocycles. The van der Waals surface area contributed by atoms with Crippen LogP contribution in [0.25, 0.3) is 0 Å². The first-order valence-electron chi connectivity index (χ1n) is 8.22. The average Bonchev–Trinajstić information content (AvgIpc) is 2.30. The Morgan fingerprint density at radius 2 is 1.00 bits per heavy atom. The van der Waals surface area contributed by atoms with Gasteiger partial charge in [-0.1, -0.05) is 0 Å². The van der Waals surface area contributed by atoms with Crippen LogP contribution in [0.3, 0.4) is 0 Å². The minimum atomic E-state index is -4.48. The Labute approximate surface area is 178 Å². The normalized spacial score (nSPS) is 13.5. The molecule has 0 atom stereocenters. The Balaban J connectivity index is 0. The molecule has 0 aromatic rings. The van der Waals surface area contributed by atoms with Gasteiger partial charge in [0.05, 0.1) is 11.2 Å². The van der Waals surface area contributed by atoms with Crippen molar-refractivity contribution < 1.29 is 42.5 Å². The molecule has 26 heavy (non-hydrogen) atoms. The van der Waals surface area contributed by atoms with Crippen LogP contribution in [-0.2, 0) is 22.9 Å². The molecule has 9 nitrogen and oxygen atoms in total. The quantitative estimate of drug-likeness (QED) is 0.186.